The number of aromatic nitrogens is 1. The number of anilines is 1. The molecule has 1 saturated carbocycles. The Hall–Kier alpha value is -2.84. The number of nitrogens with one attached hydrogen (secondary N) is 2. The molecule has 170 valence electrons. The quantitative estimate of drug-likeness (QED) is 0.690. The van der Waals surface area contributed by atoms with Crippen LogP contribution in [0.25, 0.3) is 0 Å². The molecule has 1 aliphatic heterocycles. The first-order valence-corrected chi connectivity index (χ1v) is 10.7. The van der Waals surface area contributed by atoms with E-state index in [9.17, 15) is 9.18 Å². The topological polar surface area (TPSA) is 84.8 Å². The Bertz CT molecular complexity index is 1010. The maximum atomic E-state index is 14.3. The van der Waals surface area contributed by atoms with Crippen LogP contribution in [0, 0.1) is 11.7 Å². The van der Waals surface area contributed by atoms with Gasteiger partial charge in [-0.2, -0.15) is 0 Å². The summed E-state index contributed by atoms with van der Waals surface area (Å²) >= 11 is 0. The summed E-state index contributed by atoms with van der Waals surface area (Å²) in [5.74, 6) is -0.0661. The molecule has 4 atom stereocenters. The Balaban J connectivity index is 1.57. The molecule has 0 radical (unpaired) electrons. The SMILES string of the molecule is COc1cc(F)cc(C2(COC3C=NC(C)(C)NC3C)CC2C(=O)Nc2ccccn2)c1. The smallest absolute Gasteiger partial charge is 0.229 e. The first kappa shape index (κ1) is 22.4. The van der Waals surface area contributed by atoms with E-state index in [2.05, 4.69) is 20.6 Å². The van der Waals surface area contributed by atoms with Gasteiger partial charge in [0.1, 0.15) is 29.2 Å². The minimum Gasteiger partial charge on any atom is -0.497 e. The Morgan fingerprint density at radius 3 is 2.81 bits per heavy atom. The van der Waals surface area contributed by atoms with Crippen molar-refractivity contribution in [3.63, 3.8) is 0 Å². The molecule has 0 spiro atoms. The predicted octanol–water partition coefficient (Wildman–Crippen LogP) is 3.31. The fourth-order valence-corrected chi connectivity index (χ4v) is 4.33. The van der Waals surface area contributed by atoms with E-state index in [1.54, 1.807) is 24.4 Å². The fraction of sp³-hybridized carbons (Fsp3) is 0.458. The van der Waals surface area contributed by atoms with Crippen LogP contribution in [0.15, 0.2) is 47.6 Å². The Labute approximate surface area is 187 Å². The van der Waals surface area contributed by atoms with Crippen LogP contribution in [0.5, 0.6) is 5.75 Å². The molecule has 1 aliphatic carbocycles. The number of methoxy groups -OCH3 is 1. The summed E-state index contributed by atoms with van der Waals surface area (Å²) in [4.78, 5) is 21.7. The number of hydrogen-bond donors (Lipinski definition) is 2. The van der Waals surface area contributed by atoms with Crippen LogP contribution in [0.1, 0.15) is 32.8 Å². The van der Waals surface area contributed by atoms with Crippen molar-refractivity contribution in [2.75, 3.05) is 19.0 Å². The third-order valence-electron chi connectivity index (χ3n) is 6.14. The molecule has 1 aromatic heterocycles. The number of pyridine rings is 1. The van der Waals surface area contributed by atoms with Gasteiger partial charge in [-0.25, -0.2) is 9.37 Å². The van der Waals surface area contributed by atoms with Crippen molar-refractivity contribution in [1.29, 1.82) is 0 Å². The molecule has 2 aromatic rings. The largest absolute Gasteiger partial charge is 0.497 e. The van der Waals surface area contributed by atoms with Gasteiger partial charge in [-0.15, -0.1) is 0 Å². The molecule has 1 aromatic carbocycles. The second kappa shape index (κ2) is 8.60. The van der Waals surface area contributed by atoms with E-state index in [-0.39, 0.29) is 36.2 Å². The van der Waals surface area contributed by atoms with Crippen LogP contribution in [0.2, 0.25) is 0 Å². The zero-order chi connectivity index (χ0) is 22.9. The highest BCUT2D eigenvalue weighted by molar-refractivity contribution is 5.95. The van der Waals surface area contributed by atoms with E-state index in [1.807, 2.05) is 33.1 Å². The average molecular weight is 441 g/mol. The highest BCUT2D eigenvalue weighted by Gasteiger charge is 2.60. The lowest BCUT2D eigenvalue weighted by Crippen LogP contribution is -2.54. The Morgan fingerprint density at radius 2 is 2.12 bits per heavy atom. The summed E-state index contributed by atoms with van der Waals surface area (Å²) in [6.07, 6.45) is 3.71. The van der Waals surface area contributed by atoms with Gasteiger partial charge in [0.15, 0.2) is 0 Å². The molecule has 4 rings (SSSR count). The van der Waals surface area contributed by atoms with Crippen molar-refractivity contribution in [1.82, 2.24) is 10.3 Å². The highest BCUT2D eigenvalue weighted by atomic mass is 19.1. The minimum absolute atomic E-state index is 0.0427. The zero-order valence-corrected chi connectivity index (χ0v) is 18.8. The summed E-state index contributed by atoms with van der Waals surface area (Å²) in [5, 5.41) is 6.27. The number of nitrogens with zero attached hydrogens (tertiary/aromatic N) is 2. The van der Waals surface area contributed by atoms with Crippen molar-refractivity contribution in [3.8, 4) is 5.75 Å². The van der Waals surface area contributed by atoms with E-state index in [1.165, 1.54) is 19.2 Å². The van der Waals surface area contributed by atoms with E-state index < -0.39 is 11.2 Å². The lowest BCUT2D eigenvalue weighted by atomic mass is 9.93. The second-order valence-electron chi connectivity index (χ2n) is 9.04. The number of carbonyl (C=O) groups is 1. The highest BCUT2D eigenvalue weighted by Crippen LogP contribution is 2.55. The molecule has 2 heterocycles. The van der Waals surface area contributed by atoms with Crippen LogP contribution < -0.4 is 15.4 Å². The van der Waals surface area contributed by atoms with Gasteiger partial charge in [0, 0.05) is 29.9 Å². The van der Waals surface area contributed by atoms with Crippen LogP contribution in [0.4, 0.5) is 10.2 Å². The van der Waals surface area contributed by atoms with E-state index in [4.69, 9.17) is 9.47 Å². The van der Waals surface area contributed by atoms with Gasteiger partial charge in [0.2, 0.25) is 5.91 Å². The van der Waals surface area contributed by atoms with Crippen LogP contribution in [0.3, 0.4) is 0 Å². The molecule has 0 saturated heterocycles. The first-order chi connectivity index (χ1) is 15.2. The molecule has 1 fully saturated rings. The third kappa shape index (κ3) is 4.66. The minimum atomic E-state index is -0.658. The van der Waals surface area contributed by atoms with E-state index >= 15 is 0 Å². The van der Waals surface area contributed by atoms with Gasteiger partial charge in [0.05, 0.1) is 19.6 Å². The number of amides is 1. The summed E-state index contributed by atoms with van der Waals surface area (Å²) in [5.41, 5.74) is -0.323. The Kier molecular flexibility index (Phi) is 6.01. The maximum Gasteiger partial charge on any atom is 0.229 e. The molecule has 1 amide bonds. The summed E-state index contributed by atoms with van der Waals surface area (Å²) in [6, 6.07) is 9.93. The Morgan fingerprint density at radius 1 is 1.31 bits per heavy atom. The van der Waals surface area contributed by atoms with Crippen molar-refractivity contribution in [3.05, 3.63) is 54.0 Å². The summed E-state index contributed by atoms with van der Waals surface area (Å²) in [7, 11) is 1.49. The number of ether oxygens (including phenoxy) is 2. The molecule has 32 heavy (non-hydrogen) atoms. The average Bonchev–Trinajstić information content (AvgIpc) is 3.49. The number of benzene rings is 1. The van der Waals surface area contributed by atoms with Gasteiger partial charge in [0.25, 0.3) is 0 Å². The molecule has 4 unspecified atom stereocenters. The molecule has 8 heteroatoms. The molecule has 7 nitrogen and oxygen atoms in total. The number of rotatable bonds is 7. The molecule has 2 aliphatic rings. The van der Waals surface area contributed by atoms with E-state index in [0.29, 0.717) is 23.6 Å². The zero-order valence-electron chi connectivity index (χ0n) is 18.8. The molecule has 2 N–H and O–H groups in total. The van der Waals surface area contributed by atoms with Gasteiger partial charge in [-0.05, 0) is 57.0 Å². The number of halogens is 1. The van der Waals surface area contributed by atoms with Crippen LogP contribution in [-0.4, -0.2) is 48.6 Å². The van der Waals surface area contributed by atoms with Gasteiger partial charge < -0.3 is 14.8 Å². The molecular formula is C24H29FN4O3. The lowest BCUT2D eigenvalue weighted by molar-refractivity contribution is -0.118. The van der Waals surface area contributed by atoms with Crippen LogP contribution in [-0.2, 0) is 14.9 Å². The van der Waals surface area contributed by atoms with Crippen LogP contribution >= 0.6 is 0 Å². The third-order valence-corrected chi connectivity index (χ3v) is 6.14. The number of carbonyl (C=O) groups excluding carboxylic acids is 1. The van der Waals surface area contributed by atoms with Crippen molar-refractivity contribution >= 4 is 17.9 Å². The second-order valence-corrected chi connectivity index (χ2v) is 9.04. The lowest BCUT2D eigenvalue weighted by Gasteiger charge is -2.35. The predicted molar refractivity (Wildman–Crippen MR) is 121 cm³/mol. The van der Waals surface area contributed by atoms with Crippen molar-refractivity contribution < 1.29 is 18.7 Å². The van der Waals surface area contributed by atoms with E-state index in [0.717, 1.165) is 0 Å². The van der Waals surface area contributed by atoms with Gasteiger partial charge >= 0.3 is 0 Å². The normalized spacial score (nSPS) is 28.2. The molecular weight excluding hydrogens is 411 g/mol. The number of hydrogen-bond acceptors (Lipinski definition) is 6. The molecule has 0 bridgehead atoms. The maximum absolute atomic E-state index is 14.3. The van der Waals surface area contributed by atoms with Crippen molar-refractivity contribution in [2.24, 2.45) is 10.9 Å². The van der Waals surface area contributed by atoms with Crippen molar-refractivity contribution in [2.45, 2.75) is 50.4 Å². The van der Waals surface area contributed by atoms with Gasteiger partial charge in [-0.1, -0.05) is 6.07 Å². The summed E-state index contributed by atoms with van der Waals surface area (Å²) < 4.78 is 25.8. The standard InChI is InChI=1S/C24H29FN4O3/c1-15-20(13-27-23(2,3)29-15)32-14-24(16-9-17(25)11-18(10-16)31-4)12-19(24)22(30)28-21-7-5-6-8-26-21/h5-11,13,15,19-20,29H,12,14H2,1-4H3,(H,26,28,30). The fourth-order valence-electron chi connectivity index (χ4n) is 4.33. The monoisotopic (exact) mass is 440 g/mol. The first-order valence-electron chi connectivity index (χ1n) is 10.7. The number of aliphatic imine (C=N–C) groups is 1. The van der Waals surface area contributed by atoms with Gasteiger partial charge in [-0.3, -0.25) is 15.1 Å². The summed E-state index contributed by atoms with van der Waals surface area (Å²) in [6.45, 7) is 6.28.